The first-order chi connectivity index (χ1) is 7.66. The summed E-state index contributed by atoms with van der Waals surface area (Å²) in [7, 11) is 0. The van der Waals surface area contributed by atoms with Crippen LogP contribution in [0.5, 0.6) is 0 Å². The van der Waals surface area contributed by atoms with E-state index >= 15 is 0 Å². The van der Waals surface area contributed by atoms with Crippen LogP contribution in [0.3, 0.4) is 0 Å². The van der Waals surface area contributed by atoms with Crippen molar-refractivity contribution in [3.8, 4) is 0 Å². The lowest BCUT2D eigenvalue weighted by atomic mass is 10.3. The van der Waals surface area contributed by atoms with Crippen molar-refractivity contribution in [2.24, 2.45) is 0 Å². The number of nitrogen functional groups attached to an aromatic ring is 1. The first-order valence-electron chi connectivity index (χ1n) is 4.11. The van der Waals surface area contributed by atoms with Crippen LogP contribution < -0.4 is 5.73 Å². The highest BCUT2D eigenvalue weighted by molar-refractivity contribution is 8.01. The number of nitrogens with two attached hydrogens (primary N) is 1. The molecule has 82 valence electrons. The maximum absolute atomic E-state index is 10.7. The molecule has 3 N–H and O–H groups in total. The molecule has 0 amide bonds. The second-order valence-corrected chi connectivity index (χ2v) is 4.72. The number of aromatic carboxylic acids is 1. The summed E-state index contributed by atoms with van der Waals surface area (Å²) in [4.78, 5) is 18.6. The van der Waals surface area contributed by atoms with Crippen molar-refractivity contribution < 1.29 is 9.90 Å². The normalized spacial score (nSPS) is 10.2. The van der Waals surface area contributed by atoms with Crippen LogP contribution in [0.1, 0.15) is 10.5 Å². The van der Waals surface area contributed by atoms with E-state index in [1.54, 1.807) is 0 Å². The fourth-order valence-electron chi connectivity index (χ4n) is 0.943. The highest BCUT2D eigenvalue weighted by atomic mass is 32.2. The van der Waals surface area contributed by atoms with Crippen LogP contribution in [0.2, 0.25) is 0 Å². The second kappa shape index (κ2) is 4.45. The molecule has 0 bridgehead atoms. The van der Waals surface area contributed by atoms with E-state index in [1.807, 2.05) is 0 Å². The minimum atomic E-state index is -1.08. The highest BCUT2D eigenvalue weighted by Gasteiger charge is 2.11. The fourth-order valence-corrected chi connectivity index (χ4v) is 2.33. The zero-order valence-corrected chi connectivity index (χ0v) is 9.46. The van der Waals surface area contributed by atoms with Crippen LogP contribution >= 0.6 is 23.3 Å². The Morgan fingerprint density at radius 2 is 2.31 bits per heavy atom. The zero-order valence-electron chi connectivity index (χ0n) is 7.82. The molecule has 0 saturated heterocycles. The summed E-state index contributed by atoms with van der Waals surface area (Å²) < 4.78 is 4.50. The predicted octanol–water partition coefficient (Wildman–Crippen LogP) is 1.36. The number of nitrogens with zero attached hydrogens (tertiary/aromatic N) is 3. The van der Waals surface area contributed by atoms with E-state index in [0.29, 0.717) is 15.1 Å². The Bertz CT molecular complexity index is 515. The molecule has 0 aliphatic heterocycles. The quantitative estimate of drug-likeness (QED) is 0.852. The van der Waals surface area contributed by atoms with Crippen molar-refractivity contribution in [3.63, 3.8) is 0 Å². The van der Waals surface area contributed by atoms with Gasteiger partial charge in [-0.1, -0.05) is 0 Å². The monoisotopic (exact) mass is 254 g/mol. The Balaban J connectivity index is 2.32. The van der Waals surface area contributed by atoms with E-state index in [9.17, 15) is 4.79 Å². The van der Waals surface area contributed by atoms with Gasteiger partial charge in [-0.05, 0) is 35.4 Å². The SMILES string of the molecule is Nc1ccc(C(=O)O)nc1Sc1ncns1. The summed E-state index contributed by atoms with van der Waals surface area (Å²) in [6.07, 6.45) is 1.42. The molecular weight excluding hydrogens is 248 g/mol. The first-order valence-corrected chi connectivity index (χ1v) is 5.70. The maximum atomic E-state index is 10.7. The van der Waals surface area contributed by atoms with Crippen molar-refractivity contribution in [2.45, 2.75) is 9.37 Å². The Morgan fingerprint density at radius 1 is 1.50 bits per heavy atom. The summed E-state index contributed by atoms with van der Waals surface area (Å²) in [6, 6.07) is 2.88. The molecule has 0 aliphatic carbocycles. The lowest BCUT2D eigenvalue weighted by Crippen LogP contribution is -2.02. The molecule has 0 saturated carbocycles. The topological polar surface area (TPSA) is 102 Å². The van der Waals surface area contributed by atoms with E-state index in [2.05, 4.69) is 14.3 Å². The van der Waals surface area contributed by atoms with Gasteiger partial charge in [0.15, 0.2) is 4.34 Å². The Labute approximate surface area is 98.7 Å². The summed E-state index contributed by atoms with van der Waals surface area (Å²) >= 11 is 2.40. The lowest BCUT2D eigenvalue weighted by molar-refractivity contribution is 0.0690. The number of anilines is 1. The number of aromatic nitrogens is 3. The van der Waals surface area contributed by atoms with Gasteiger partial charge in [0.2, 0.25) is 0 Å². The Hall–Kier alpha value is -1.67. The van der Waals surface area contributed by atoms with Crippen LogP contribution in [0.4, 0.5) is 5.69 Å². The third-order valence-electron chi connectivity index (χ3n) is 1.63. The first kappa shape index (κ1) is 10.8. The molecule has 8 heteroatoms. The van der Waals surface area contributed by atoms with Crippen molar-refractivity contribution in [1.29, 1.82) is 0 Å². The number of rotatable bonds is 3. The molecule has 0 atom stereocenters. The summed E-state index contributed by atoms with van der Waals surface area (Å²) in [6.45, 7) is 0. The smallest absolute Gasteiger partial charge is 0.354 e. The molecule has 0 radical (unpaired) electrons. The number of carbonyl (C=O) groups is 1. The van der Waals surface area contributed by atoms with Crippen LogP contribution in [-0.2, 0) is 0 Å². The van der Waals surface area contributed by atoms with Crippen LogP contribution in [0, 0.1) is 0 Å². The molecule has 2 rings (SSSR count). The standard InChI is InChI=1S/C8H6N4O2S2/c9-4-1-2-5(7(13)14)12-6(4)15-8-10-3-11-16-8/h1-3H,9H2,(H,13,14). The van der Waals surface area contributed by atoms with E-state index in [-0.39, 0.29) is 5.69 Å². The minimum Gasteiger partial charge on any atom is -0.477 e. The molecule has 0 spiro atoms. The van der Waals surface area contributed by atoms with Gasteiger partial charge in [0.1, 0.15) is 17.0 Å². The van der Waals surface area contributed by atoms with Gasteiger partial charge in [-0.3, -0.25) is 0 Å². The van der Waals surface area contributed by atoms with Gasteiger partial charge >= 0.3 is 5.97 Å². The van der Waals surface area contributed by atoms with Crippen LogP contribution in [-0.4, -0.2) is 25.4 Å². The summed E-state index contributed by atoms with van der Waals surface area (Å²) in [5.41, 5.74) is 6.07. The average molecular weight is 254 g/mol. The van der Waals surface area contributed by atoms with E-state index in [1.165, 1.54) is 41.8 Å². The highest BCUT2D eigenvalue weighted by Crippen LogP contribution is 2.30. The lowest BCUT2D eigenvalue weighted by Gasteiger charge is -2.02. The van der Waals surface area contributed by atoms with Gasteiger partial charge in [0.25, 0.3) is 0 Å². The Morgan fingerprint density at radius 3 is 2.94 bits per heavy atom. The van der Waals surface area contributed by atoms with Gasteiger partial charge in [-0.15, -0.1) is 0 Å². The van der Waals surface area contributed by atoms with Gasteiger partial charge in [0, 0.05) is 0 Å². The molecule has 2 aromatic heterocycles. The number of carboxylic acids is 1. The maximum Gasteiger partial charge on any atom is 0.354 e. The number of hydrogen-bond acceptors (Lipinski definition) is 7. The van der Waals surface area contributed by atoms with Gasteiger partial charge in [-0.2, -0.15) is 4.37 Å². The predicted molar refractivity (Wildman–Crippen MR) is 59.6 cm³/mol. The van der Waals surface area contributed by atoms with E-state index < -0.39 is 5.97 Å². The number of carboxylic acid groups (broad SMARTS) is 1. The number of pyridine rings is 1. The molecule has 16 heavy (non-hydrogen) atoms. The molecule has 0 unspecified atom stereocenters. The minimum absolute atomic E-state index is 0.0405. The van der Waals surface area contributed by atoms with E-state index in [0.717, 1.165) is 0 Å². The van der Waals surface area contributed by atoms with Gasteiger partial charge < -0.3 is 10.8 Å². The molecule has 2 heterocycles. The van der Waals surface area contributed by atoms with Crippen molar-refractivity contribution in [3.05, 3.63) is 24.2 Å². The fraction of sp³-hybridized carbons (Fsp3) is 0. The zero-order chi connectivity index (χ0) is 11.5. The van der Waals surface area contributed by atoms with Crippen LogP contribution in [0.25, 0.3) is 0 Å². The molecule has 0 aromatic carbocycles. The molecule has 0 aliphatic rings. The summed E-state index contributed by atoms with van der Waals surface area (Å²) in [5, 5.41) is 9.22. The molecular formula is C8H6N4O2S2. The Kier molecular flexibility index (Phi) is 3.02. The second-order valence-electron chi connectivity index (χ2n) is 2.71. The van der Waals surface area contributed by atoms with E-state index in [4.69, 9.17) is 10.8 Å². The van der Waals surface area contributed by atoms with Crippen molar-refractivity contribution in [2.75, 3.05) is 5.73 Å². The third-order valence-corrected chi connectivity index (χ3v) is 3.37. The average Bonchev–Trinajstić information content (AvgIpc) is 2.73. The van der Waals surface area contributed by atoms with Crippen molar-refractivity contribution in [1.82, 2.24) is 14.3 Å². The van der Waals surface area contributed by atoms with Crippen LogP contribution in [0.15, 0.2) is 27.8 Å². The third kappa shape index (κ3) is 2.28. The van der Waals surface area contributed by atoms with Gasteiger partial charge in [0.05, 0.1) is 5.69 Å². The molecule has 2 aromatic rings. The number of hydrogen-bond donors (Lipinski definition) is 2. The van der Waals surface area contributed by atoms with Crippen molar-refractivity contribution >= 4 is 35.0 Å². The largest absolute Gasteiger partial charge is 0.477 e. The molecule has 6 nitrogen and oxygen atoms in total. The van der Waals surface area contributed by atoms with Gasteiger partial charge in [-0.25, -0.2) is 14.8 Å². The summed E-state index contributed by atoms with van der Waals surface area (Å²) in [5.74, 6) is -1.08. The molecule has 0 fully saturated rings.